The Hall–Kier alpha value is -1.32. The molecule has 0 N–H and O–H groups in total. The van der Waals surface area contributed by atoms with Gasteiger partial charge >= 0.3 is 0 Å². The largest absolute Gasteiger partial charge is 0.496 e. The Labute approximate surface area is 134 Å². The number of nitrogens with zero attached hydrogens (tertiary/aromatic N) is 2. The van der Waals surface area contributed by atoms with Gasteiger partial charge in [-0.2, -0.15) is 0 Å². The van der Waals surface area contributed by atoms with Gasteiger partial charge in [0.05, 0.1) is 7.11 Å². The Morgan fingerprint density at radius 3 is 2.82 bits per heavy atom. The van der Waals surface area contributed by atoms with Crippen molar-refractivity contribution in [1.82, 2.24) is 9.80 Å². The highest BCUT2D eigenvalue weighted by molar-refractivity contribution is 5.57. The highest BCUT2D eigenvalue weighted by atomic mass is 16.5. The molecular formula is C19H28N2O. The van der Waals surface area contributed by atoms with Crippen LogP contribution in [0.4, 0.5) is 0 Å². The first-order chi connectivity index (χ1) is 10.8. The molecular weight excluding hydrogens is 272 g/mol. The number of methoxy groups -OCH3 is 1. The number of hydrogen-bond donors (Lipinski definition) is 0. The lowest BCUT2D eigenvalue weighted by Crippen LogP contribution is -2.62. The van der Waals surface area contributed by atoms with Crippen molar-refractivity contribution in [2.45, 2.75) is 38.3 Å². The van der Waals surface area contributed by atoms with Gasteiger partial charge in [0.15, 0.2) is 0 Å². The van der Waals surface area contributed by atoms with Gasteiger partial charge in [0.25, 0.3) is 0 Å². The van der Waals surface area contributed by atoms with Gasteiger partial charge < -0.3 is 4.74 Å². The van der Waals surface area contributed by atoms with Crippen LogP contribution in [-0.2, 0) is 0 Å². The fraction of sp³-hybridized carbons (Fsp3) is 0.579. The first kappa shape index (κ1) is 15.6. The summed E-state index contributed by atoms with van der Waals surface area (Å²) in [5.41, 5.74) is 1.16. The molecule has 0 bridgehead atoms. The molecule has 3 nitrogen and oxygen atoms in total. The molecule has 0 radical (unpaired) electrons. The van der Waals surface area contributed by atoms with E-state index < -0.39 is 0 Å². The number of ether oxygens (including phenoxy) is 1. The van der Waals surface area contributed by atoms with Gasteiger partial charge in [-0.25, -0.2) is 0 Å². The van der Waals surface area contributed by atoms with Crippen LogP contribution in [0.25, 0.3) is 6.08 Å². The summed E-state index contributed by atoms with van der Waals surface area (Å²) in [6, 6.07) is 9.75. The van der Waals surface area contributed by atoms with E-state index in [9.17, 15) is 0 Å². The van der Waals surface area contributed by atoms with Crippen LogP contribution in [0.1, 0.15) is 31.7 Å². The molecule has 1 atom stereocenters. The highest BCUT2D eigenvalue weighted by Crippen LogP contribution is 2.24. The lowest BCUT2D eigenvalue weighted by atomic mass is 9.97. The van der Waals surface area contributed by atoms with E-state index in [-0.39, 0.29) is 0 Å². The number of piperidine rings is 1. The maximum atomic E-state index is 5.38. The number of para-hydroxylation sites is 1. The SMILES string of the molecule is COc1ccccc1/C=C/CN1CC(N2CCCCC2C)C1. The van der Waals surface area contributed by atoms with E-state index in [2.05, 4.69) is 41.0 Å². The summed E-state index contributed by atoms with van der Waals surface area (Å²) in [6.45, 7) is 7.18. The van der Waals surface area contributed by atoms with Gasteiger partial charge in [-0.3, -0.25) is 9.80 Å². The highest BCUT2D eigenvalue weighted by Gasteiger charge is 2.34. The topological polar surface area (TPSA) is 15.7 Å². The third-order valence-electron chi connectivity index (χ3n) is 5.06. The van der Waals surface area contributed by atoms with E-state index in [1.807, 2.05) is 12.1 Å². The average molecular weight is 300 g/mol. The lowest BCUT2D eigenvalue weighted by molar-refractivity contribution is 0.00375. The third kappa shape index (κ3) is 3.53. The quantitative estimate of drug-likeness (QED) is 0.830. The van der Waals surface area contributed by atoms with Gasteiger partial charge in [0.1, 0.15) is 5.75 Å². The van der Waals surface area contributed by atoms with Crippen LogP contribution in [0.5, 0.6) is 5.75 Å². The standard InChI is InChI=1S/C19H28N2O/c1-16-8-5-6-13-21(16)18-14-20(15-18)12-7-10-17-9-3-4-11-19(17)22-2/h3-4,7,9-11,16,18H,5-6,8,12-15H2,1-2H3/b10-7+. The molecule has 0 amide bonds. The summed E-state index contributed by atoms with van der Waals surface area (Å²) in [7, 11) is 1.73. The van der Waals surface area contributed by atoms with E-state index >= 15 is 0 Å². The molecule has 1 aromatic carbocycles. The van der Waals surface area contributed by atoms with Crippen molar-refractivity contribution in [3.8, 4) is 5.75 Å². The second-order valence-corrected chi connectivity index (χ2v) is 6.60. The second kappa shape index (κ2) is 7.30. The Bertz CT molecular complexity index is 508. The van der Waals surface area contributed by atoms with Crippen molar-refractivity contribution in [3.05, 3.63) is 35.9 Å². The zero-order chi connectivity index (χ0) is 15.4. The molecule has 2 fully saturated rings. The molecule has 120 valence electrons. The maximum absolute atomic E-state index is 5.38. The van der Waals surface area contributed by atoms with Crippen LogP contribution in [0.15, 0.2) is 30.3 Å². The van der Waals surface area contributed by atoms with Crippen molar-refractivity contribution in [1.29, 1.82) is 0 Å². The van der Waals surface area contributed by atoms with E-state index in [0.29, 0.717) is 0 Å². The average Bonchev–Trinajstić information content (AvgIpc) is 2.51. The summed E-state index contributed by atoms with van der Waals surface area (Å²) >= 11 is 0. The fourth-order valence-electron chi connectivity index (χ4n) is 3.70. The van der Waals surface area contributed by atoms with Crippen LogP contribution in [0.3, 0.4) is 0 Å². The number of rotatable bonds is 5. The predicted molar refractivity (Wildman–Crippen MR) is 92.3 cm³/mol. The van der Waals surface area contributed by atoms with Crippen molar-refractivity contribution in [3.63, 3.8) is 0 Å². The monoisotopic (exact) mass is 300 g/mol. The van der Waals surface area contributed by atoms with Crippen molar-refractivity contribution in [2.24, 2.45) is 0 Å². The van der Waals surface area contributed by atoms with Gasteiger partial charge in [-0.05, 0) is 32.4 Å². The minimum atomic E-state index is 0.782. The molecule has 0 aromatic heterocycles. The minimum absolute atomic E-state index is 0.782. The molecule has 0 saturated carbocycles. The normalized spacial score (nSPS) is 24.5. The van der Waals surface area contributed by atoms with Crippen LogP contribution in [0, 0.1) is 0 Å². The van der Waals surface area contributed by atoms with Gasteiger partial charge in [-0.1, -0.05) is 36.8 Å². The van der Waals surface area contributed by atoms with Crippen molar-refractivity contribution >= 4 is 6.08 Å². The Morgan fingerprint density at radius 1 is 1.23 bits per heavy atom. The molecule has 22 heavy (non-hydrogen) atoms. The first-order valence-corrected chi connectivity index (χ1v) is 8.55. The Morgan fingerprint density at radius 2 is 2.05 bits per heavy atom. The zero-order valence-electron chi connectivity index (χ0n) is 13.9. The molecule has 3 rings (SSSR count). The number of likely N-dealkylation sites (tertiary alicyclic amines) is 2. The molecule has 3 heteroatoms. The summed E-state index contributed by atoms with van der Waals surface area (Å²) < 4.78 is 5.38. The van der Waals surface area contributed by atoms with Gasteiger partial charge in [0.2, 0.25) is 0 Å². The minimum Gasteiger partial charge on any atom is -0.496 e. The smallest absolute Gasteiger partial charge is 0.126 e. The summed E-state index contributed by atoms with van der Waals surface area (Å²) in [6.07, 6.45) is 8.61. The zero-order valence-corrected chi connectivity index (χ0v) is 13.9. The molecule has 2 aliphatic rings. The molecule has 1 unspecified atom stereocenters. The molecule has 2 saturated heterocycles. The molecule has 2 heterocycles. The van der Waals surface area contributed by atoms with E-state index in [0.717, 1.165) is 29.9 Å². The molecule has 0 spiro atoms. The van der Waals surface area contributed by atoms with Crippen LogP contribution < -0.4 is 4.74 Å². The molecule has 2 aliphatic heterocycles. The summed E-state index contributed by atoms with van der Waals surface area (Å²) in [4.78, 5) is 5.25. The molecule has 0 aliphatic carbocycles. The molecule has 1 aromatic rings. The van der Waals surface area contributed by atoms with Gasteiger partial charge in [0, 0.05) is 37.3 Å². The van der Waals surface area contributed by atoms with Crippen LogP contribution >= 0.6 is 0 Å². The maximum Gasteiger partial charge on any atom is 0.126 e. The van der Waals surface area contributed by atoms with E-state index in [1.165, 1.54) is 38.9 Å². The first-order valence-electron chi connectivity index (χ1n) is 8.55. The Kier molecular flexibility index (Phi) is 5.16. The lowest BCUT2D eigenvalue weighted by Gasteiger charge is -2.49. The predicted octanol–water partition coefficient (Wildman–Crippen LogP) is 3.27. The summed E-state index contributed by atoms with van der Waals surface area (Å²) in [5, 5.41) is 0. The van der Waals surface area contributed by atoms with E-state index in [4.69, 9.17) is 4.74 Å². The third-order valence-corrected chi connectivity index (χ3v) is 5.06. The fourth-order valence-corrected chi connectivity index (χ4v) is 3.70. The van der Waals surface area contributed by atoms with E-state index in [1.54, 1.807) is 7.11 Å². The van der Waals surface area contributed by atoms with Crippen molar-refractivity contribution in [2.75, 3.05) is 33.3 Å². The van der Waals surface area contributed by atoms with Gasteiger partial charge in [-0.15, -0.1) is 0 Å². The second-order valence-electron chi connectivity index (χ2n) is 6.60. The van der Waals surface area contributed by atoms with Crippen LogP contribution in [0.2, 0.25) is 0 Å². The van der Waals surface area contributed by atoms with Crippen molar-refractivity contribution < 1.29 is 4.74 Å². The Balaban J connectivity index is 1.45. The number of hydrogen-bond acceptors (Lipinski definition) is 3. The summed E-state index contributed by atoms with van der Waals surface area (Å²) in [5.74, 6) is 0.947. The van der Waals surface area contributed by atoms with Crippen LogP contribution in [-0.4, -0.2) is 55.2 Å². The number of benzene rings is 1.